The first-order valence-corrected chi connectivity index (χ1v) is 8.13. The van der Waals surface area contributed by atoms with Crippen molar-refractivity contribution in [1.29, 1.82) is 0 Å². The zero-order valence-corrected chi connectivity index (χ0v) is 14.3. The first kappa shape index (κ1) is 17.6. The molecule has 132 valence electrons. The van der Waals surface area contributed by atoms with Gasteiger partial charge in [-0.3, -0.25) is 9.59 Å². The van der Waals surface area contributed by atoms with E-state index in [1.807, 2.05) is 12.1 Å². The van der Waals surface area contributed by atoms with Crippen LogP contribution in [0.1, 0.15) is 26.4 Å². The van der Waals surface area contributed by atoms with Crippen molar-refractivity contribution in [2.45, 2.75) is 6.10 Å². The molecule has 0 spiro atoms. The van der Waals surface area contributed by atoms with Gasteiger partial charge in [-0.05, 0) is 36.3 Å². The SMILES string of the molecule is COc1ccc(C#CCOC2CN(c3ccc(C=O)c(C=O)c3)C2)nc1. The van der Waals surface area contributed by atoms with E-state index in [1.165, 1.54) is 0 Å². The fourth-order valence-corrected chi connectivity index (χ4v) is 2.58. The van der Waals surface area contributed by atoms with Crippen LogP contribution in [0.5, 0.6) is 5.75 Å². The molecule has 0 N–H and O–H groups in total. The maximum absolute atomic E-state index is 11.0. The molecule has 1 aromatic carbocycles. The minimum atomic E-state index is 0.0959. The van der Waals surface area contributed by atoms with Crippen molar-refractivity contribution in [3.05, 3.63) is 53.3 Å². The van der Waals surface area contributed by atoms with Crippen LogP contribution in [-0.4, -0.2) is 50.5 Å². The highest BCUT2D eigenvalue weighted by Gasteiger charge is 2.27. The Labute approximate surface area is 151 Å². The predicted octanol–water partition coefficient (Wildman–Crippen LogP) is 1.97. The minimum Gasteiger partial charge on any atom is -0.495 e. The van der Waals surface area contributed by atoms with Gasteiger partial charge in [-0.25, -0.2) is 4.98 Å². The Bertz CT molecular complexity index is 846. The summed E-state index contributed by atoms with van der Waals surface area (Å²) >= 11 is 0. The molecule has 1 aromatic heterocycles. The lowest BCUT2D eigenvalue weighted by atomic mass is 10.1. The Hall–Kier alpha value is -3.17. The van der Waals surface area contributed by atoms with Crippen molar-refractivity contribution in [1.82, 2.24) is 4.98 Å². The van der Waals surface area contributed by atoms with E-state index < -0.39 is 0 Å². The van der Waals surface area contributed by atoms with Crippen LogP contribution in [-0.2, 0) is 4.74 Å². The molecule has 0 atom stereocenters. The van der Waals surface area contributed by atoms with E-state index in [4.69, 9.17) is 9.47 Å². The summed E-state index contributed by atoms with van der Waals surface area (Å²) in [4.78, 5) is 28.2. The molecule has 1 fully saturated rings. The molecular weight excluding hydrogens is 332 g/mol. The van der Waals surface area contributed by atoms with E-state index in [2.05, 4.69) is 21.7 Å². The number of carbonyl (C=O) groups is 2. The van der Waals surface area contributed by atoms with Gasteiger partial charge < -0.3 is 14.4 Å². The molecule has 2 aromatic rings. The molecule has 6 nitrogen and oxygen atoms in total. The Kier molecular flexibility index (Phi) is 5.62. The summed E-state index contributed by atoms with van der Waals surface area (Å²) in [5.41, 5.74) is 2.38. The Balaban J connectivity index is 1.46. The van der Waals surface area contributed by atoms with E-state index in [-0.39, 0.29) is 6.10 Å². The van der Waals surface area contributed by atoms with Gasteiger partial charge in [-0.1, -0.05) is 5.92 Å². The van der Waals surface area contributed by atoms with Gasteiger partial charge >= 0.3 is 0 Å². The second kappa shape index (κ2) is 8.28. The van der Waals surface area contributed by atoms with Gasteiger partial charge in [0.2, 0.25) is 0 Å². The number of aromatic nitrogens is 1. The number of hydrogen-bond donors (Lipinski definition) is 0. The molecule has 0 unspecified atom stereocenters. The summed E-state index contributed by atoms with van der Waals surface area (Å²) < 4.78 is 10.8. The van der Waals surface area contributed by atoms with E-state index >= 15 is 0 Å². The number of ether oxygens (including phenoxy) is 2. The average molecular weight is 350 g/mol. The molecule has 0 amide bonds. The van der Waals surface area contributed by atoms with Crippen molar-refractivity contribution < 1.29 is 19.1 Å². The average Bonchev–Trinajstić information content (AvgIpc) is 2.66. The number of methoxy groups -OCH3 is 1. The largest absolute Gasteiger partial charge is 0.495 e. The van der Waals surface area contributed by atoms with Crippen LogP contribution < -0.4 is 9.64 Å². The number of anilines is 1. The van der Waals surface area contributed by atoms with Crippen LogP contribution in [0, 0.1) is 11.8 Å². The summed E-state index contributed by atoms with van der Waals surface area (Å²) in [7, 11) is 1.59. The molecular formula is C20H18N2O4. The number of aldehydes is 2. The topological polar surface area (TPSA) is 68.7 Å². The van der Waals surface area contributed by atoms with Crippen LogP contribution in [0.25, 0.3) is 0 Å². The fraction of sp³-hybridized carbons (Fsp3) is 0.250. The van der Waals surface area contributed by atoms with Crippen molar-refractivity contribution in [2.24, 2.45) is 0 Å². The summed E-state index contributed by atoms with van der Waals surface area (Å²) in [6, 6.07) is 8.83. The standard InChI is InChI=1S/C20H18N2O4/c1-25-19-7-5-17(21-10-19)3-2-8-26-20-11-22(12-20)18-6-4-15(13-23)16(9-18)14-24/h4-7,9-10,13-14,20H,8,11-12H2,1H3. The molecule has 1 aliphatic heterocycles. The first-order valence-electron chi connectivity index (χ1n) is 8.13. The van der Waals surface area contributed by atoms with E-state index in [1.54, 1.807) is 31.5 Å². The van der Waals surface area contributed by atoms with Crippen LogP contribution in [0.3, 0.4) is 0 Å². The third kappa shape index (κ3) is 4.08. The van der Waals surface area contributed by atoms with Crippen LogP contribution in [0.4, 0.5) is 5.69 Å². The molecule has 2 heterocycles. The number of hydrogen-bond acceptors (Lipinski definition) is 6. The number of rotatable bonds is 6. The minimum absolute atomic E-state index is 0.0959. The van der Waals surface area contributed by atoms with Gasteiger partial charge in [-0.2, -0.15) is 0 Å². The van der Waals surface area contributed by atoms with Gasteiger partial charge in [-0.15, -0.1) is 0 Å². The third-order valence-electron chi connectivity index (χ3n) is 4.12. The van der Waals surface area contributed by atoms with Gasteiger partial charge in [0.25, 0.3) is 0 Å². The zero-order valence-electron chi connectivity index (χ0n) is 14.3. The normalized spacial score (nSPS) is 13.3. The summed E-state index contributed by atoms with van der Waals surface area (Å²) in [6.07, 6.45) is 3.10. The molecule has 26 heavy (non-hydrogen) atoms. The Morgan fingerprint density at radius 1 is 1.19 bits per heavy atom. The maximum Gasteiger partial charge on any atom is 0.150 e. The lowest BCUT2D eigenvalue weighted by molar-refractivity contribution is 0.0565. The predicted molar refractivity (Wildman–Crippen MR) is 96.8 cm³/mol. The molecule has 0 bridgehead atoms. The quantitative estimate of drug-likeness (QED) is 0.586. The number of pyridine rings is 1. The van der Waals surface area contributed by atoms with E-state index in [0.29, 0.717) is 41.7 Å². The van der Waals surface area contributed by atoms with Crippen molar-refractivity contribution in [3.63, 3.8) is 0 Å². The first-order chi connectivity index (χ1) is 12.7. The fourth-order valence-electron chi connectivity index (χ4n) is 2.58. The second-order valence-corrected chi connectivity index (χ2v) is 5.77. The molecule has 3 rings (SSSR count). The lowest BCUT2D eigenvalue weighted by Gasteiger charge is -2.40. The van der Waals surface area contributed by atoms with Crippen molar-refractivity contribution in [2.75, 3.05) is 31.7 Å². The van der Waals surface area contributed by atoms with E-state index in [9.17, 15) is 9.59 Å². The Morgan fingerprint density at radius 2 is 2.00 bits per heavy atom. The van der Waals surface area contributed by atoms with Gasteiger partial charge in [0.05, 0.1) is 19.4 Å². The highest BCUT2D eigenvalue weighted by Crippen LogP contribution is 2.24. The molecule has 0 saturated carbocycles. The molecule has 1 aliphatic rings. The maximum atomic E-state index is 11.0. The zero-order chi connectivity index (χ0) is 18.4. The van der Waals surface area contributed by atoms with Gasteiger partial charge in [0, 0.05) is 29.9 Å². The monoisotopic (exact) mass is 350 g/mol. The molecule has 1 saturated heterocycles. The highest BCUT2D eigenvalue weighted by molar-refractivity contribution is 5.91. The summed E-state index contributed by atoms with van der Waals surface area (Å²) in [5.74, 6) is 6.58. The van der Waals surface area contributed by atoms with Crippen molar-refractivity contribution >= 4 is 18.3 Å². The van der Waals surface area contributed by atoms with Gasteiger partial charge in [0.15, 0.2) is 12.6 Å². The molecule has 0 radical (unpaired) electrons. The smallest absolute Gasteiger partial charge is 0.150 e. The lowest BCUT2D eigenvalue weighted by Crippen LogP contribution is -2.52. The number of benzene rings is 1. The molecule has 6 heteroatoms. The number of nitrogens with zero attached hydrogens (tertiary/aromatic N) is 2. The van der Waals surface area contributed by atoms with Crippen molar-refractivity contribution in [3.8, 4) is 17.6 Å². The van der Waals surface area contributed by atoms with Gasteiger partial charge in [0.1, 0.15) is 18.1 Å². The summed E-state index contributed by atoms with van der Waals surface area (Å²) in [6.45, 7) is 1.78. The van der Waals surface area contributed by atoms with E-state index in [0.717, 1.165) is 18.8 Å². The molecule has 0 aliphatic carbocycles. The Morgan fingerprint density at radius 3 is 2.65 bits per heavy atom. The summed E-state index contributed by atoms with van der Waals surface area (Å²) in [5, 5.41) is 0. The highest BCUT2D eigenvalue weighted by atomic mass is 16.5. The number of carbonyl (C=O) groups excluding carboxylic acids is 2. The third-order valence-corrected chi connectivity index (χ3v) is 4.12. The van der Waals surface area contributed by atoms with Crippen LogP contribution in [0.15, 0.2) is 36.5 Å². The van der Waals surface area contributed by atoms with Crippen LogP contribution in [0.2, 0.25) is 0 Å². The van der Waals surface area contributed by atoms with Crippen LogP contribution >= 0.6 is 0 Å². The second-order valence-electron chi connectivity index (χ2n) is 5.77.